The maximum atomic E-state index is 14.5. The second-order valence-electron chi connectivity index (χ2n) is 11.2. The van der Waals surface area contributed by atoms with Gasteiger partial charge in [-0.15, -0.1) is 0 Å². The molecule has 2 heterocycles. The Bertz CT molecular complexity index is 1650. The number of carboxylic acids is 1. The quantitative estimate of drug-likeness (QED) is 0.195. The number of benzene rings is 3. The summed E-state index contributed by atoms with van der Waals surface area (Å²) >= 11 is 0. The molecule has 44 heavy (non-hydrogen) atoms. The monoisotopic (exact) mass is 600 g/mol. The first-order chi connectivity index (χ1) is 21.1. The van der Waals surface area contributed by atoms with Crippen LogP contribution in [0.1, 0.15) is 58.3 Å². The first kappa shape index (κ1) is 31.0. The van der Waals surface area contributed by atoms with E-state index in [1.54, 1.807) is 17.2 Å². The van der Waals surface area contributed by atoms with Crippen LogP contribution in [0.2, 0.25) is 0 Å². The van der Waals surface area contributed by atoms with E-state index in [-0.39, 0.29) is 30.0 Å². The van der Waals surface area contributed by atoms with Crippen molar-refractivity contribution in [2.45, 2.75) is 58.5 Å². The molecule has 0 spiro atoms. The van der Waals surface area contributed by atoms with E-state index < -0.39 is 23.8 Å². The normalized spacial score (nSPS) is 15.9. The average molecular weight is 601 g/mol. The Balaban J connectivity index is 1.55. The van der Waals surface area contributed by atoms with Crippen LogP contribution < -0.4 is 4.74 Å². The fourth-order valence-corrected chi connectivity index (χ4v) is 5.73. The number of piperidine rings is 1. The molecule has 0 saturated carbocycles. The van der Waals surface area contributed by atoms with Crippen molar-refractivity contribution in [3.63, 3.8) is 0 Å². The number of carboxylic acid groups (broad SMARTS) is 1. The maximum absolute atomic E-state index is 14.5. The van der Waals surface area contributed by atoms with E-state index in [0.717, 1.165) is 46.7 Å². The van der Waals surface area contributed by atoms with Crippen LogP contribution in [0.15, 0.2) is 79.0 Å². The first-order valence-corrected chi connectivity index (χ1v) is 14.7. The van der Waals surface area contributed by atoms with Crippen molar-refractivity contribution >= 4 is 18.1 Å². The molecule has 0 aliphatic carbocycles. The van der Waals surface area contributed by atoms with Crippen LogP contribution in [0, 0.1) is 13.8 Å². The van der Waals surface area contributed by atoms with E-state index in [1.165, 1.54) is 12.1 Å². The Morgan fingerprint density at radius 3 is 2.50 bits per heavy atom. The van der Waals surface area contributed by atoms with Gasteiger partial charge < -0.3 is 9.84 Å². The van der Waals surface area contributed by atoms with Gasteiger partial charge in [0.25, 0.3) is 0 Å². The van der Waals surface area contributed by atoms with Crippen LogP contribution in [0.3, 0.4) is 0 Å². The van der Waals surface area contributed by atoms with Crippen molar-refractivity contribution in [3.8, 4) is 16.9 Å². The van der Waals surface area contributed by atoms with Gasteiger partial charge in [-0.25, -0.2) is 0 Å². The largest absolute Gasteiger partial charge is 0.487 e. The topological polar surface area (TPSA) is 62.7 Å². The number of aromatic nitrogens is 1. The molecular weight excluding hydrogens is 565 g/mol. The van der Waals surface area contributed by atoms with Crippen LogP contribution in [0.5, 0.6) is 5.75 Å². The lowest BCUT2D eigenvalue weighted by Crippen LogP contribution is -2.44. The number of ether oxygens (including phenoxy) is 1. The number of halogens is 3. The highest BCUT2D eigenvalue weighted by Crippen LogP contribution is 2.38. The standard InChI is InChI=1S/C36H35F3N2O3/c1-24-16-17-40-30(19-24)23-44-34-21-28(15-14-26-11-8-12-31(25(26)2)27-9-4-3-5-10-27)32(36(37,38)39)20-29(34)22-41-18-7-6-13-33(41)35(42)43/h3-5,8-12,14-17,19-21,33H,6-7,13,18,22-23H2,1-2H3,(H,42,43)/b15-14+/t33-/m0/s1. The smallest absolute Gasteiger partial charge is 0.417 e. The van der Waals surface area contributed by atoms with Crippen molar-refractivity contribution < 1.29 is 27.8 Å². The van der Waals surface area contributed by atoms with Crippen molar-refractivity contribution in [3.05, 3.63) is 118 Å². The molecule has 0 unspecified atom stereocenters. The van der Waals surface area contributed by atoms with Crippen molar-refractivity contribution in [2.24, 2.45) is 0 Å². The number of aliphatic carboxylic acids is 1. The Kier molecular flexibility index (Phi) is 9.49. The van der Waals surface area contributed by atoms with Gasteiger partial charge in [0.15, 0.2) is 0 Å². The molecule has 4 aromatic rings. The number of rotatable bonds is 9. The molecule has 5 nitrogen and oxygen atoms in total. The summed E-state index contributed by atoms with van der Waals surface area (Å²) in [5.41, 5.74) is 4.86. The minimum atomic E-state index is -4.64. The SMILES string of the molecule is Cc1ccnc(COc2cc(/C=C/c3cccc(-c4ccccc4)c3C)c(C(F)(F)F)cc2CN2CCCC[C@H]2C(=O)O)c1. The Morgan fingerprint density at radius 2 is 1.77 bits per heavy atom. The number of carbonyl (C=O) groups is 1. The third-order valence-corrected chi connectivity index (χ3v) is 8.06. The Morgan fingerprint density at radius 1 is 1.00 bits per heavy atom. The third-order valence-electron chi connectivity index (χ3n) is 8.06. The minimum Gasteiger partial charge on any atom is -0.487 e. The molecular formula is C36H35F3N2O3. The van der Waals surface area contributed by atoms with Gasteiger partial charge in [-0.2, -0.15) is 13.2 Å². The molecule has 1 aliphatic rings. The zero-order chi connectivity index (χ0) is 31.3. The summed E-state index contributed by atoms with van der Waals surface area (Å²) in [5, 5.41) is 9.78. The second kappa shape index (κ2) is 13.5. The van der Waals surface area contributed by atoms with E-state index >= 15 is 0 Å². The van der Waals surface area contributed by atoms with E-state index in [0.29, 0.717) is 18.7 Å². The lowest BCUT2D eigenvalue weighted by Gasteiger charge is -2.33. The number of likely N-dealkylation sites (tertiary alicyclic amines) is 1. The highest BCUT2D eigenvalue weighted by Gasteiger charge is 2.35. The van der Waals surface area contributed by atoms with Gasteiger partial charge in [0, 0.05) is 18.3 Å². The van der Waals surface area contributed by atoms with Gasteiger partial charge in [-0.1, -0.05) is 67.1 Å². The summed E-state index contributed by atoms with van der Waals surface area (Å²) in [6.45, 7) is 4.45. The van der Waals surface area contributed by atoms with Crippen molar-refractivity contribution in [2.75, 3.05) is 6.54 Å². The van der Waals surface area contributed by atoms with Crippen LogP contribution in [-0.2, 0) is 24.1 Å². The molecule has 1 aromatic heterocycles. The number of aryl methyl sites for hydroxylation is 1. The summed E-state index contributed by atoms with van der Waals surface area (Å²) < 4.78 is 49.7. The minimum absolute atomic E-state index is 0.0266. The summed E-state index contributed by atoms with van der Waals surface area (Å²) in [7, 11) is 0. The van der Waals surface area contributed by atoms with Gasteiger partial charge >= 0.3 is 12.1 Å². The van der Waals surface area contributed by atoms with E-state index in [9.17, 15) is 23.1 Å². The summed E-state index contributed by atoms with van der Waals surface area (Å²) in [5.74, 6) is -0.703. The molecule has 1 atom stereocenters. The van der Waals surface area contributed by atoms with Crippen LogP contribution in [-0.4, -0.2) is 33.5 Å². The van der Waals surface area contributed by atoms with Crippen LogP contribution in [0.25, 0.3) is 23.3 Å². The summed E-state index contributed by atoms with van der Waals surface area (Å²) in [4.78, 5) is 18.0. The van der Waals surface area contributed by atoms with Gasteiger partial charge in [-0.3, -0.25) is 14.7 Å². The van der Waals surface area contributed by atoms with Crippen LogP contribution >= 0.6 is 0 Å². The molecule has 1 aliphatic heterocycles. The van der Waals surface area contributed by atoms with Gasteiger partial charge in [-0.05, 0) is 90.9 Å². The second-order valence-corrected chi connectivity index (χ2v) is 11.2. The molecule has 3 aromatic carbocycles. The number of pyridine rings is 1. The number of hydrogen-bond donors (Lipinski definition) is 1. The van der Waals surface area contributed by atoms with Crippen molar-refractivity contribution in [1.29, 1.82) is 0 Å². The molecule has 0 amide bonds. The predicted molar refractivity (Wildman–Crippen MR) is 166 cm³/mol. The molecule has 8 heteroatoms. The number of nitrogens with zero attached hydrogens (tertiary/aromatic N) is 2. The van der Waals surface area contributed by atoms with Gasteiger partial charge in [0.2, 0.25) is 0 Å². The molecule has 0 bridgehead atoms. The number of hydrogen-bond acceptors (Lipinski definition) is 4. The maximum Gasteiger partial charge on any atom is 0.417 e. The fourth-order valence-electron chi connectivity index (χ4n) is 5.73. The van der Waals surface area contributed by atoms with Crippen molar-refractivity contribution in [1.82, 2.24) is 9.88 Å². The predicted octanol–water partition coefficient (Wildman–Crippen LogP) is 8.57. The molecule has 5 rings (SSSR count). The zero-order valence-electron chi connectivity index (χ0n) is 24.8. The number of alkyl halides is 3. The van der Waals surface area contributed by atoms with Gasteiger partial charge in [0.1, 0.15) is 18.4 Å². The molecule has 1 fully saturated rings. The molecule has 1 N–H and O–H groups in total. The lowest BCUT2D eigenvalue weighted by atomic mass is 9.95. The van der Waals surface area contributed by atoms with E-state index in [2.05, 4.69) is 4.98 Å². The molecule has 228 valence electrons. The zero-order valence-corrected chi connectivity index (χ0v) is 24.8. The van der Waals surface area contributed by atoms with Crippen LogP contribution in [0.4, 0.5) is 13.2 Å². The highest BCUT2D eigenvalue weighted by atomic mass is 19.4. The Labute approximate surface area is 255 Å². The summed E-state index contributed by atoms with van der Waals surface area (Å²) in [6, 6.07) is 21.1. The van der Waals surface area contributed by atoms with E-state index in [1.807, 2.05) is 74.5 Å². The van der Waals surface area contributed by atoms with E-state index in [4.69, 9.17) is 4.74 Å². The van der Waals surface area contributed by atoms with Gasteiger partial charge in [0.05, 0.1) is 11.3 Å². The lowest BCUT2D eigenvalue weighted by molar-refractivity contribution is -0.145. The first-order valence-electron chi connectivity index (χ1n) is 14.7. The average Bonchev–Trinajstić information content (AvgIpc) is 3.00. The Hall–Kier alpha value is -4.43. The highest BCUT2D eigenvalue weighted by molar-refractivity contribution is 5.78. The molecule has 1 saturated heterocycles. The fraction of sp³-hybridized carbons (Fsp3) is 0.278. The summed E-state index contributed by atoms with van der Waals surface area (Å²) in [6.07, 6.45) is 2.19. The molecule has 0 radical (unpaired) electrons. The third kappa shape index (κ3) is 7.37.